The van der Waals surface area contributed by atoms with Crippen LogP contribution in [0.25, 0.3) is 0 Å². The molecule has 0 saturated carbocycles. The summed E-state index contributed by atoms with van der Waals surface area (Å²) in [5.41, 5.74) is 0.186. The van der Waals surface area contributed by atoms with Gasteiger partial charge in [-0.05, 0) is 51.5 Å². The van der Waals surface area contributed by atoms with E-state index >= 15 is 0 Å². The van der Waals surface area contributed by atoms with Crippen molar-refractivity contribution in [3.63, 3.8) is 0 Å². The first kappa shape index (κ1) is 26.1. The van der Waals surface area contributed by atoms with Crippen molar-refractivity contribution in [2.45, 2.75) is 98.3 Å². The third kappa shape index (κ3) is 7.42. The van der Waals surface area contributed by atoms with E-state index in [1.165, 1.54) is 6.92 Å². The molecule has 7 heteroatoms. The molecule has 1 fully saturated rings. The van der Waals surface area contributed by atoms with Crippen LogP contribution in [0.15, 0.2) is 11.6 Å². The molecule has 3 N–H and O–H groups in total. The summed E-state index contributed by atoms with van der Waals surface area (Å²) >= 11 is 0. The number of nitrogens with one attached hydrogen (secondary N) is 2. The van der Waals surface area contributed by atoms with Crippen molar-refractivity contribution < 1.29 is 19.5 Å². The molecule has 0 aromatic rings. The Morgan fingerprint density at radius 1 is 1.07 bits per heavy atom. The number of nitrogens with zero attached hydrogens (tertiary/aromatic N) is 1. The highest BCUT2D eigenvalue weighted by molar-refractivity contribution is 5.90. The van der Waals surface area contributed by atoms with E-state index in [2.05, 4.69) is 29.4 Å². The third-order valence-corrected chi connectivity index (χ3v) is 6.04. The normalized spacial score (nSPS) is 21.2. The predicted octanol–water partition coefficient (Wildman–Crippen LogP) is 2.95. The second kappa shape index (κ2) is 12.1. The van der Waals surface area contributed by atoms with E-state index in [1.807, 2.05) is 27.7 Å². The van der Waals surface area contributed by atoms with Crippen LogP contribution in [0.5, 0.6) is 0 Å². The highest BCUT2D eigenvalue weighted by Gasteiger charge is 2.34. The van der Waals surface area contributed by atoms with Crippen molar-refractivity contribution in [1.29, 1.82) is 0 Å². The summed E-state index contributed by atoms with van der Waals surface area (Å²) in [5.74, 6) is -1.46. The molecule has 1 saturated heterocycles. The number of carbonyl (C=O) groups excluding carboxylic acids is 2. The van der Waals surface area contributed by atoms with Gasteiger partial charge in [0.2, 0.25) is 11.8 Å². The number of hydrogen-bond acceptors (Lipinski definition) is 4. The zero-order valence-corrected chi connectivity index (χ0v) is 19.7. The first-order valence-electron chi connectivity index (χ1n) is 11.3. The van der Waals surface area contributed by atoms with Gasteiger partial charge in [-0.3, -0.25) is 14.5 Å². The van der Waals surface area contributed by atoms with Crippen LogP contribution >= 0.6 is 0 Å². The minimum absolute atomic E-state index is 0.0194. The fourth-order valence-corrected chi connectivity index (χ4v) is 3.78. The predicted molar refractivity (Wildman–Crippen MR) is 119 cm³/mol. The maximum Gasteiger partial charge on any atom is 0.331 e. The van der Waals surface area contributed by atoms with Gasteiger partial charge in [-0.2, -0.15) is 0 Å². The summed E-state index contributed by atoms with van der Waals surface area (Å²) in [6, 6.07) is -0.976. The third-order valence-electron chi connectivity index (χ3n) is 6.04. The lowest BCUT2D eigenvalue weighted by atomic mass is 9.96. The Hall–Kier alpha value is -1.89. The van der Waals surface area contributed by atoms with Gasteiger partial charge in [0.1, 0.15) is 6.04 Å². The average molecular weight is 424 g/mol. The highest BCUT2D eigenvalue weighted by atomic mass is 16.4. The molecular weight excluding hydrogens is 382 g/mol. The number of likely N-dealkylation sites (tertiary alicyclic amines) is 1. The second-order valence-electron chi connectivity index (χ2n) is 9.17. The fraction of sp³-hybridized carbons (Fsp3) is 0.783. The molecule has 30 heavy (non-hydrogen) atoms. The molecule has 2 unspecified atom stereocenters. The minimum Gasteiger partial charge on any atom is -0.478 e. The van der Waals surface area contributed by atoms with Crippen LogP contribution in [0.4, 0.5) is 0 Å². The molecule has 0 bridgehead atoms. The van der Waals surface area contributed by atoms with Gasteiger partial charge < -0.3 is 15.7 Å². The molecule has 0 radical (unpaired) electrons. The molecule has 1 heterocycles. The van der Waals surface area contributed by atoms with Crippen molar-refractivity contribution in [2.24, 2.45) is 11.8 Å². The Bertz CT molecular complexity index is 630. The van der Waals surface area contributed by atoms with Crippen LogP contribution in [-0.4, -0.2) is 58.5 Å². The number of carbonyl (C=O) groups is 3. The molecule has 7 nitrogen and oxygen atoms in total. The number of piperidine rings is 1. The molecular formula is C23H41N3O4. The Morgan fingerprint density at radius 2 is 1.70 bits per heavy atom. The summed E-state index contributed by atoms with van der Waals surface area (Å²) < 4.78 is 0. The quantitative estimate of drug-likeness (QED) is 0.469. The largest absolute Gasteiger partial charge is 0.478 e. The maximum atomic E-state index is 13.1. The van der Waals surface area contributed by atoms with Gasteiger partial charge in [-0.25, -0.2) is 4.79 Å². The van der Waals surface area contributed by atoms with E-state index in [9.17, 15) is 14.4 Å². The Kier molecular flexibility index (Phi) is 10.5. The van der Waals surface area contributed by atoms with E-state index in [-0.39, 0.29) is 35.3 Å². The van der Waals surface area contributed by atoms with Crippen molar-refractivity contribution >= 4 is 17.8 Å². The van der Waals surface area contributed by atoms with E-state index in [4.69, 9.17) is 5.11 Å². The topological polar surface area (TPSA) is 98.7 Å². The Balaban J connectivity index is 2.94. The van der Waals surface area contributed by atoms with Crippen molar-refractivity contribution in [3.8, 4) is 0 Å². The number of amides is 2. The van der Waals surface area contributed by atoms with E-state index in [0.29, 0.717) is 6.04 Å². The van der Waals surface area contributed by atoms with Crippen LogP contribution in [0.2, 0.25) is 0 Å². The first-order valence-corrected chi connectivity index (χ1v) is 11.3. The lowest BCUT2D eigenvalue weighted by molar-refractivity contribution is -0.134. The van der Waals surface area contributed by atoms with Crippen LogP contribution in [-0.2, 0) is 14.4 Å². The summed E-state index contributed by atoms with van der Waals surface area (Å²) in [4.78, 5) is 39.6. The standard InChI is InChI=1S/C23H41N3O4/c1-8-17(7)26-12-10-9-11-19(26)21(27)25-20(15(4)5)22(28)24-18(14(2)3)13-16(6)23(29)30/h13-15,17-20H,8-12H2,1-7H3,(H,24,28)(H,25,27)(H,29,30)/b16-13+/t17?,18-,19?,20+/m1/s1. The zero-order valence-electron chi connectivity index (χ0n) is 19.7. The Morgan fingerprint density at radius 3 is 2.20 bits per heavy atom. The number of aliphatic carboxylic acids is 1. The molecule has 2 amide bonds. The minimum atomic E-state index is -1.01. The monoisotopic (exact) mass is 423 g/mol. The van der Waals surface area contributed by atoms with Crippen LogP contribution in [0.1, 0.15) is 74.1 Å². The molecule has 0 aromatic carbocycles. The number of carboxylic acid groups (broad SMARTS) is 1. The van der Waals surface area contributed by atoms with E-state index in [1.54, 1.807) is 6.08 Å². The SMILES string of the molecule is CCC(C)N1CCCCC1C(=O)N[C@H](C(=O)N[C@H](/C=C(\C)C(=O)O)C(C)C)C(C)C. The summed E-state index contributed by atoms with van der Waals surface area (Å²) in [6.07, 6.45) is 5.45. The molecule has 1 aliphatic rings. The lowest BCUT2D eigenvalue weighted by Gasteiger charge is -2.39. The van der Waals surface area contributed by atoms with Gasteiger partial charge >= 0.3 is 5.97 Å². The molecule has 0 aromatic heterocycles. The maximum absolute atomic E-state index is 13.1. The van der Waals surface area contributed by atoms with Gasteiger partial charge in [0, 0.05) is 11.6 Å². The van der Waals surface area contributed by atoms with Crippen LogP contribution in [0.3, 0.4) is 0 Å². The van der Waals surface area contributed by atoms with E-state index < -0.39 is 18.1 Å². The average Bonchev–Trinajstić information content (AvgIpc) is 2.69. The molecule has 1 aliphatic heterocycles. The molecule has 1 rings (SSSR count). The van der Waals surface area contributed by atoms with Gasteiger partial charge in [-0.15, -0.1) is 0 Å². The fourth-order valence-electron chi connectivity index (χ4n) is 3.78. The molecule has 172 valence electrons. The van der Waals surface area contributed by atoms with E-state index in [0.717, 1.165) is 32.2 Å². The molecule has 0 aliphatic carbocycles. The van der Waals surface area contributed by atoms with Crippen molar-refractivity contribution in [1.82, 2.24) is 15.5 Å². The van der Waals surface area contributed by atoms with Crippen molar-refractivity contribution in [2.75, 3.05) is 6.54 Å². The van der Waals surface area contributed by atoms with Crippen LogP contribution < -0.4 is 10.6 Å². The summed E-state index contributed by atoms with van der Waals surface area (Å²) in [6.45, 7) is 14.3. The summed E-state index contributed by atoms with van der Waals surface area (Å²) in [7, 11) is 0. The Labute approximate surface area is 181 Å². The number of rotatable bonds is 10. The van der Waals surface area contributed by atoms with Gasteiger partial charge in [0.05, 0.1) is 12.1 Å². The van der Waals surface area contributed by atoms with Gasteiger partial charge in [0.25, 0.3) is 0 Å². The lowest BCUT2D eigenvalue weighted by Crippen LogP contribution is -2.58. The second-order valence-corrected chi connectivity index (χ2v) is 9.17. The van der Waals surface area contributed by atoms with Crippen molar-refractivity contribution in [3.05, 3.63) is 11.6 Å². The number of hydrogen-bond donors (Lipinski definition) is 3. The van der Waals surface area contributed by atoms with Gasteiger partial charge in [0.15, 0.2) is 0 Å². The van der Waals surface area contributed by atoms with Crippen LogP contribution in [0, 0.1) is 11.8 Å². The summed E-state index contributed by atoms with van der Waals surface area (Å²) in [5, 5.41) is 15.1. The van der Waals surface area contributed by atoms with Gasteiger partial charge in [-0.1, -0.05) is 47.1 Å². The molecule has 4 atom stereocenters. The smallest absolute Gasteiger partial charge is 0.331 e. The molecule has 0 spiro atoms. The number of carboxylic acids is 1. The highest BCUT2D eigenvalue weighted by Crippen LogP contribution is 2.21. The zero-order chi connectivity index (χ0) is 23.0. The first-order chi connectivity index (χ1) is 14.0.